The summed E-state index contributed by atoms with van der Waals surface area (Å²) >= 11 is 13.4. The molecule has 0 aliphatic carbocycles. The molecule has 7 heteroatoms. The number of hydrogen-bond acceptors (Lipinski definition) is 4. The topological polar surface area (TPSA) is 42.4 Å². The van der Waals surface area contributed by atoms with E-state index in [1.54, 1.807) is 11.0 Å². The highest BCUT2D eigenvalue weighted by molar-refractivity contribution is 7.08. The van der Waals surface area contributed by atoms with E-state index in [-0.39, 0.29) is 11.1 Å². The average Bonchev–Trinajstić information content (AvgIpc) is 2.93. The molecular weight excluding hydrogens is 355 g/mol. The van der Waals surface area contributed by atoms with Crippen molar-refractivity contribution < 1.29 is 9.53 Å². The van der Waals surface area contributed by atoms with Gasteiger partial charge in [0, 0.05) is 24.7 Å². The molecule has 1 aliphatic heterocycles. The van der Waals surface area contributed by atoms with Gasteiger partial charge in [-0.3, -0.25) is 4.79 Å². The van der Waals surface area contributed by atoms with E-state index in [1.807, 2.05) is 30.3 Å². The summed E-state index contributed by atoms with van der Waals surface area (Å²) in [7, 11) is 0. The Morgan fingerprint density at radius 1 is 1.22 bits per heavy atom. The lowest BCUT2D eigenvalue weighted by atomic mass is 10.0. The molecule has 0 atom stereocenters. The van der Waals surface area contributed by atoms with Gasteiger partial charge in [0.2, 0.25) is 5.91 Å². The van der Waals surface area contributed by atoms with E-state index in [1.165, 1.54) is 11.5 Å². The third kappa shape index (κ3) is 3.75. The lowest BCUT2D eigenvalue weighted by molar-refractivity contribution is -0.129. The van der Waals surface area contributed by atoms with Crippen LogP contribution in [0.1, 0.15) is 10.4 Å². The molecule has 0 saturated carbocycles. The summed E-state index contributed by atoms with van der Waals surface area (Å²) in [6.45, 7) is 2.31. The summed E-state index contributed by atoms with van der Waals surface area (Å²) in [6, 6.07) is 9.62. The number of aromatic nitrogens is 1. The van der Waals surface area contributed by atoms with Gasteiger partial charge in [0.15, 0.2) is 5.15 Å². The summed E-state index contributed by atoms with van der Waals surface area (Å²) in [5.41, 5.74) is 1.63. The van der Waals surface area contributed by atoms with Crippen molar-refractivity contribution in [2.24, 2.45) is 0 Å². The minimum atomic E-state index is -0.0623. The van der Waals surface area contributed by atoms with Crippen LogP contribution in [0.3, 0.4) is 0 Å². The Hall–Kier alpha value is -1.40. The van der Waals surface area contributed by atoms with Gasteiger partial charge >= 0.3 is 0 Å². The van der Waals surface area contributed by atoms with Crippen molar-refractivity contribution in [2.45, 2.75) is 0 Å². The molecular formula is C16H14Cl2N2O2S. The molecule has 23 heavy (non-hydrogen) atoms. The van der Waals surface area contributed by atoms with Crippen LogP contribution in [0.4, 0.5) is 0 Å². The molecule has 2 heterocycles. The van der Waals surface area contributed by atoms with Gasteiger partial charge in [-0.2, -0.15) is 4.37 Å². The van der Waals surface area contributed by atoms with Crippen molar-refractivity contribution >= 4 is 46.2 Å². The average molecular weight is 369 g/mol. The monoisotopic (exact) mass is 368 g/mol. The minimum absolute atomic E-state index is 0.0623. The summed E-state index contributed by atoms with van der Waals surface area (Å²) in [5, 5.41) is 0.633. The van der Waals surface area contributed by atoms with E-state index < -0.39 is 0 Å². The highest BCUT2D eigenvalue weighted by Crippen LogP contribution is 2.37. The van der Waals surface area contributed by atoms with Crippen LogP contribution in [0.25, 0.3) is 5.57 Å². The summed E-state index contributed by atoms with van der Waals surface area (Å²) in [6.07, 6.45) is 1.61. The van der Waals surface area contributed by atoms with E-state index in [0.717, 1.165) is 11.1 Å². The van der Waals surface area contributed by atoms with E-state index in [4.69, 9.17) is 27.9 Å². The van der Waals surface area contributed by atoms with Crippen LogP contribution in [0.15, 0.2) is 36.4 Å². The fraction of sp³-hybridized carbons (Fsp3) is 0.250. The molecule has 1 aromatic heterocycles. The molecule has 120 valence electrons. The molecule has 0 N–H and O–H groups in total. The van der Waals surface area contributed by atoms with Gasteiger partial charge in [-0.15, -0.1) is 0 Å². The minimum Gasteiger partial charge on any atom is -0.378 e. The van der Waals surface area contributed by atoms with Crippen molar-refractivity contribution in [3.05, 3.63) is 57.0 Å². The fourth-order valence-corrected chi connectivity index (χ4v) is 3.59. The molecule has 1 aromatic carbocycles. The second kappa shape index (κ2) is 7.45. The van der Waals surface area contributed by atoms with Crippen LogP contribution in [-0.2, 0) is 9.53 Å². The summed E-state index contributed by atoms with van der Waals surface area (Å²) < 4.78 is 9.36. The molecule has 1 amide bonds. The smallest absolute Gasteiger partial charge is 0.247 e. The predicted octanol–water partition coefficient (Wildman–Crippen LogP) is 3.74. The van der Waals surface area contributed by atoms with Crippen LogP contribution in [0.5, 0.6) is 0 Å². The number of carbonyl (C=O) groups excluding carboxylic acids is 1. The largest absolute Gasteiger partial charge is 0.378 e. The first-order valence-corrected chi connectivity index (χ1v) is 8.64. The zero-order valence-corrected chi connectivity index (χ0v) is 14.5. The normalized spacial score (nSPS) is 15.7. The van der Waals surface area contributed by atoms with Crippen LogP contribution < -0.4 is 0 Å². The maximum Gasteiger partial charge on any atom is 0.247 e. The number of morpholine rings is 1. The Kier molecular flexibility index (Phi) is 5.33. The predicted molar refractivity (Wildman–Crippen MR) is 93.1 cm³/mol. The molecule has 2 aromatic rings. The molecule has 1 saturated heterocycles. The standard InChI is InChI=1S/C16H14Cl2N2O2S/c17-14-15(23-19-16(14)18)12(11-4-2-1-3-5-11)10-13(21)20-6-8-22-9-7-20/h1-5,10H,6-9H2/b12-10+. The fourth-order valence-electron chi connectivity index (χ4n) is 2.32. The number of amides is 1. The van der Waals surface area contributed by atoms with Crippen molar-refractivity contribution in [1.82, 2.24) is 9.27 Å². The third-order valence-corrected chi connectivity index (χ3v) is 5.35. The molecule has 0 bridgehead atoms. The van der Waals surface area contributed by atoms with Gasteiger partial charge in [0.05, 0.1) is 23.1 Å². The number of ether oxygens (including phenoxy) is 1. The van der Waals surface area contributed by atoms with Crippen molar-refractivity contribution in [1.29, 1.82) is 0 Å². The number of rotatable bonds is 3. The second-order valence-electron chi connectivity index (χ2n) is 4.98. The molecule has 3 rings (SSSR count). The van der Waals surface area contributed by atoms with Gasteiger partial charge in [0.1, 0.15) is 0 Å². The number of benzene rings is 1. The zero-order chi connectivity index (χ0) is 16.2. The quantitative estimate of drug-likeness (QED) is 0.774. The van der Waals surface area contributed by atoms with E-state index in [2.05, 4.69) is 4.37 Å². The van der Waals surface area contributed by atoms with Crippen molar-refractivity contribution in [3.63, 3.8) is 0 Å². The van der Waals surface area contributed by atoms with Crippen LogP contribution in [0.2, 0.25) is 10.2 Å². The van der Waals surface area contributed by atoms with E-state index in [9.17, 15) is 4.79 Å². The molecule has 0 spiro atoms. The van der Waals surface area contributed by atoms with Crippen LogP contribution >= 0.6 is 34.7 Å². The molecule has 1 fully saturated rings. The van der Waals surface area contributed by atoms with Crippen LogP contribution in [-0.4, -0.2) is 41.5 Å². The molecule has 0 unspecified atom stereocenters. The Balaban J connectivity index is 2.00. The van der Waals surface area contributed by atoms with Gasteiger partial charge in [-0.1, -0.05) is 53.5 Å². The van der Waals surface area contributed by atoms with Gasteiger partial charge in [-0.05, 0) is 17.1 Å². The van der Waals surface area contributed by atoms with Gasteiger partial charge < -0.3 is 9.64 Å². The number of halogens is 2. The first-order chi connectivity index (χ1) is 11.2. The zero-order valence-electron chi connectivity index (χ0n) is 12.2. The Morgan fingerprint density at radius 3 is 2.52 bits per heavy atom. The van der Waals surface area contributed by atoms with E-state index >= 15 is 0 Å². The van der Waals surface area contributed by atoms with Crippen LogP contribution in [0, 0.1) is 0 Å². The third-order valence-electron chi connectivity index (χ3n) is 3.52. The van der Waals surface area contributed by atoms with Crippen molar-refractivity contribution in [3.8, 4) is 0 Å². The lowest BCUT2D eigenvalue weighted by Crippen LogP contribution is -2.39. The number of hydrogen-bond donors (Lipinski definition) is 0. The van der Waals surface area contributed by atoms with Gasteiger partial charge in [-0.25, -0.2) is 0 Å². The summed E-state index contributed by atoms with van der Waals surface area (Å²) in [5.74, 6) is -0.0623. The Morgan fingerprint density at radius 2 is 1.91 bits per heavy atom. The SMILES string of the molecule is O=C(/C=C(\c1ccccc1)c1snc(Cl)c1Cl)N1CCOCC1. The second-order valence-corrected chi connectivity index (χ2v) is 6.49. The number of nitrogens with zero attached hydrogens (tertiary/aromatic N) is 2. The van der Waals surface area contributed by atoms with Crippen molar-refractivity contribution in [2.75, 3.05) is 26.3 Å². The first-order valence-electron chi connectivity index (χ1n) is 7.11. The Labute approximate surface area is 148 Å². The first kappa shape index (κ1) is 16.5. The Bertz CT molecular complexity index is 725. The van der Waals surface area contributed by atoms with E-state index in [0.29, 0.717) is 36.2 Å². The molecule has 0 radical (unpaired) electrons. The molecule has 4 nitrogen and oxygen atoms in total. The lowest BCUT2D eigenvalue weighted by Gasteiger charge is -2.26. The summed E-state index contributed by atoms with van der Waals surface area (Å²) in [4.78, 5) is 15.0. The van der Waals surface area contributed by atoms with Gasteiger partial charge in [0.25, 0.3) is 0 Å². The molecule has 1 aliphatic rings. The highest BCUT2D eigenvalue weighted by atomic mass is 35.5. The highest BCUT2D eigenvalue weighted by Gasteiger charge is 2.20. The number of carbonyl (C=O) groups is 1. The maximum absolute atomic E-state index is 12.6. The maximum atomic E-state index is 12.6.